The van der Waals surface area contributed by atoms with Crippen molar-refractivity contribution in [3.63, 3.8) is 0 Å². The maximum Gasteiger partial charge on any atom is 0.270 e. The van der Waals surface area contributed by atoms with Crippen molar-refractivity contribution >= 4 is 55.9 Å². The van der Waals surface area contributed by atoms with E-state index in [4.69, 9.17) is 0 Å². The second kappa shape index (κ2) is 10.1. The maximum atomic E-state index is 13.0. The third-order valence-corrected chi connectivity index (χ3v) is 6.80. The van der Waals surface area contributed by atoms with Crippen LogP contribution in [0.1, 0.15) is 11.1 Å². The number of carbonyl (C=O) groups excluding carboxylic acids is 2. The molecule has 3 N–H and O–H groups in total. The Morgan fingerprint density at radius 2 is 1.73 bits per heavy atom. The summed E-state index contributed by atoms with van der Waals surface area (Å²) in [6.07, 6.45) is 1.01. The van der Waals surface area contributed by atoms with Crippen LogP contribution in [0.4, 0.5) is 22.7 Å². The van der Waals surface area contributed by atoms with Gasteiger partial charge in [-0.25, -0.2) is 8.42 Å². The lowest BCUT2D eigenvalue weighted by atomic mass is 9.99. The van der Waals surface area contributed by atoms with E-state index >= 15 is 0 Å². The highest BCUT2D eigenvalue weighted by molar-refractivity contribution is 7.92. The van der Waals surface area contributed by atoms with Crippen molar-refractivity contribution < 1.29 is 22.9 Å². The third kappa shape index (κ3) is 5.43. The molecule has 11 nitrogen and oxygen atoms in total. The largest absolute Gasteiger partial charge is 0.358 e. The number of amides is 2. The van der Waals surface area contributed by atoms with E-state index in [2.05, 4.69) is 16.0 Å². The Morgan fingerprint density at radius 3 is 2.32 bits per heavy atom. The topological polar surface area (TPSA) is 151 Å². The Morgan fingerprint density at radius 1 is 1.05 bits per heavy atom. The lowest BCUT2D eigenvalue weighted by molar-refractivity contribution is -0.384. The fourth-order valence-electron chi connectivity index (χ4n) is 3.87. The van der Waals surface area contributed by atoms with Crippen LogP contribution >= 0.6 is 0 Å². The minimum absolute atomic E-state index is 0.151. The van der Waals surface area contributed by atoms with Crippen LogP contribution < -0.4 is 20.3 Å². The van der Waals surface area contributed by atoms with E-state index in [1.54, 1.807) is 36.4 Å². The Labute approximate surface area is 213 Å². The van der Waals surface area contributed by atoms with Crippen LogP contribution in [-0.4, -0.2) is 45.0 Å². The maximum absolute atomic E-state index is 13.0. The predicted octanol–water partition coefficient (Wildman–Crippen LogP) is 3.04. The Kier molecular flexibility index (Phi) is 6.94. The highest BCUT2D eigenvalue weighted by atomic mass is 32.2. The number of nitro groups is 1. The molecule has 1 heterocycles. The molecule has 12 heteroatoms. The lowest BCUT2D eigenvalue weighted by Crippen LogP contribution is -2.39. The molecule has 0 unspecified atom stereocenters. The fraction of sp³-hybridized carbons (Fsp3) is 0.120. The number of hydrogen-bond donors (Lipinski definition) is 3. The number of hydrogen-bond acceptors (Lipinski definition) is 7. The van der Waals surface area contributed by atoms with Crippen molar-refractivity contribution in [1.29, 1.82) is 0 Å². The average molecular weight is 522 g/mol. The van der Waals surface area contributed by atoms with Gasteiger partial charge in [0, 0.05) is 36.1 Å². The molecule has 1 aliphatic rings. The zero-order valence-corrected chi connectivity index (χ0v) is 20.7. The van der Waals surface area contributed by atoms with Crippen molar-refractivity contribution in [2.75, 3.05) is 34.8 Å². The molecule has 4 rings (SSSR count). The molecule has 2 amide bonds. The molecule has 0 radical (unpaired) electrons. The molecule has 3 aromatic carbocycles. The van der Waals surface area contributed by atoms with E-state index in [1.165, 1.54) is 37.4 Å². The molecule has 0 bridgehead atoms. The minimum atomic E-state index is -3.73. The summed E-state index contributed by atoms with van der Waals surface area (Å²) < 4.78 is 25.5. The Hall–Kier alpha value is -4.71. The van der Waals surface area contributed by atoms with Gasteiger partial charge in [0.1, 0.15) is 6.54 Å². The lowest BCUT2D eigenvalue weighted by Gasteiger charge is -2.22. The van der Waals surface area contributed by atoms with E-state index in [0.717, 1.165) is 10.6 Å². The summed E-state index contributed by atoms with van der Waals surface area (Å²) in [6, 6.07) is 19.5. The van der Waals surface area contributed by atoms with Crippen LogP contribution in [-0.2, 0) is 19.6 Å². The van der Waals surface area contributed by atoms with Gasteiger partial charge in [-0.3, -0.25) is 24.0 Å². The second-order valence-corrected chi connectivity index (χ2v) is 10.1. The highest BCUT2D eigenvalue weighted by Gasteiger charge is 2.30. The number of nitro benzene ring substituents is 1. The first-order chi connectivity index (χ1) is 17.6. The van der Waals surface area contributed by atoms with Crippen molar-refractivity contribution in [2.45, 2.75) is 0 Å². The van der Waals surface area contributed by atoms with Gasteiger partial charge in [-0.2, -0.15) is 0 Å². The molecule has 0 aliphatic carbocycles. The number of sulfonamides is 1. The molecular formula is C25H23N5O6S. The van der Waals surface area contributed by atoms with Crippen LogP contribution in [0.2, 0.25) is 0 Å². The molecule has 3 aromatic rings. The van der Waals surface area contributed by atoms with Crippen molar-refractivity contribution in [2.24, 2.45) is 0 Å². The molecule has 0 aromatic heterocycles. The molecule has 1 aliphatic heterocycles. The first-order valence-corrected chi connectivity index (χ1v) is 12.9. The highest BCUT2D eigenvalue weighted by Crippen LogP contribution is 2.39. The summed E-state index contributed by atoms with van der Waals surface area (Å²) in [6.45, 7) is -0.378. The van der Waals surface area contributed by atoms with Gasteiger partial charge in [-0.15, -0.1) is 0 Å². The summed E-state index contributed by atoms with van der Waals surface area (Å²) in [7, 11) is -2.32. The summed E-state index contributed by atoms with van der Waals surface area (Å²) in [5.41, 5.74) is 2.79. The number of carbonyl (C=O) groups is 2. The first kappa shape index (κ1) is 25.4. The van der Waals surface area contributed by atoms with Gasteiger partial charge in [0.15, 0.2) is 0 Å². The number of non-ortho nitro benzene ring substituents is 1. The Bertz CT molecular complexity index is 1520. The minimum Gasteiger partial charge on any atom is -0.358 e. The van der Waals surface area contributed by atoms with E-state index in [9.17, 15) is 28.1 Å². The third-order valence-electron chi connectivity index (χ3n) is 5.66. The van der Waals surface area contributed by atoms with E-state index < -0.39 is 26.8 Å². The zero-order valence-electron chi connectivity index (χ0n) is 19.9. The van der Waals surface area contributed by atoms with Crippen LogP contribution in [0.15, 0.2) is 72.8 Å². The van der Waals surface area contributed by atoms with Crippen LogP contribution in [0.5, 0.6) is 0 Å². The standard InChI is InChI=1S/C25H23N5O6S/c1-26-22(31)15-29(37(2,35)36)18-10-8-17(9-11-18)27-24(16-6-4-3-5-7-16)23-20-14-19(30(33)34)12-13-21(20)28-25(23)32/h3-14,27H,15H2,1-2H3,(H,26,31)(H,28,32). The van der Waals surface area contributed by atoms with Gasteiger partial charge < -0.3 is 16.0 Å². The monoisotopic (exact) mass is 521 g/mol. The van der Waals surface area contributed by atoms with Gasteiger partial charge in [-0.1, -0.05) is 30.3 Å². The van der Waals surface area contributed by atoms with Crippen molar-refractivity contribution in [1.82, 2.24) is 5.32 Å². The van der Waals surface area contributed by atoms with Gasteiger partial charge in [0.2, 0.25) is 15.9 Å². The molecule has 37 heavy (non-hydrogen) atoms. The van der Waals surface area contributed by atoms with E-state index in [0.29, 0.717) is 28.2 Å². The normalized spacial score (nSPS) is 13.8. The van der Waals surface area contributed by atoms with Gasteiger partial charge in [0.25, 0.3) is 11.6 Å². The number of anilines is 3. The van der Waals surface area contributed by atoms with E-state index in [1.807, 2.05) is 6.07 Å². The van der Waals surface area contributed by atoms with Gasteiger partial charge in [-0.05, 0) is 35.9 Å². The number of fused-ring (bicyclic) bond motifs is 1. The summed E-state index contributed by atoms with van der Waals surface area (Å²) in [4.78, 5) is 35.7. The summed E-state index contributed by atoms with van der Waals surface area (Å²) in [5.74, 6) is -0.893. The average Bonchev–Trinajstić information content (AvgIpc) is 3.20. The number of rotatable bonds is 8. The Balaban J connectivity index is 1.78. The van der Waals surface area contributed by atoms with Crippen molar-refractivity contribution in [3.8, 4) is 0 Å². The van der Waals surface area contributed by atoms with Gasteiger partial charge in [0.05, 0.1) is 28.1 Å². The molecule has 0 atom stereocenters. The molecule has 190 valence electrons. The molecule has 0 saturated heterocycles. The quantitative estimate of drug-likeness (QED) is 0.234. The number of benzene rings is 3. The fourth-order valence-corrected chi connectivity index (χ4v) is 4.72. The van der Waals surface area contributed by atoms with Gasteiger partial charge >= 0.3 is 0 Å². The van der Waals surface area contributed by atoms with Crippen LogP contribution in [0, 0.1) is 10.1 Å². The van der Waals surface area contributed by atoms with Crippen LogP contribution in [0.3, 0.4) is 0 Å². The predicted molar refractivity (Wildman–Crippen MR) is 141 cm³/mol. The molecule has 0 saturated carbocycles. The zero-order chi connectivity index (χ0) is 26.7. The number of nitrogens with zero attached hydrogens (tertiary/aromatic N) is 2. The van der Waals surface area contributed by atoms with E-state index in [-0.39, 0.29) is 23.5 Å². The number of likely N-dealkylation sites (N-methyl/N-ethyl adjacent to an activating group) is 1. The first-order valence-electron chi connectivity index (χ1n) is 11.0. The smallest absolute Gasteiger partial charge is 0.270 e. The van der Waals surface area contributed by atoms with Crippen LogP contribution in [0.25, 0.3) is 11.3 Å². The molecule has 0 spiro atoms. The SMILES string of the molecule is CNC(=O)CN(c1ccc(NC(=C2C(=O)Nc3ccc([N+](=O)[O-])cc32)c2ccccc2)cc1)S(C)(=O)=O. The summed E-state index contributed by atoms with van der Waals surface area (Å²) >= 11 is 0. The van der Waals surface area contributed by atoms with Crippen molar-refractivity contribution in [3.05, 3.63) is 94.0 Å². The number of nitrogens with one attached hydrogen (secondary N) is 3. The molecule has 0 fully saturated rings. The molecular weight excluding hydrogens is 498 g/mol. The summed E-state index contributed by atoms with van der Waals surface area (Å²) in [5, 5.41) is 19.7. The second-order valence-electron chi connectivity index (χ2n) is 8.17.